The average Bonchev–Trinajstić information content (AvgIpc) is 2.83. The summed E-state index contributed by atoms with van der Waals surface area (Å²) in [5.41, 5.74) is 4.58. The Morgan fingerprint density at radius 3 is 2.03 bits per heavy atom. The second-order valence-corrected chi connectivity index (χ2v) is 7.89. The van der Waals surface area contributed by atoms with Gasteiger partial charge in [0, 0.05) is 11.3 Å². The van der Waals surface area contributed by atoms with Crippen molar-refractivity contribution in [1.29, 1.82) is 0 Å². The highest BCUT2D eigenvalue weighted by Gasteiger charge is 2.12. The van der Waals surface area contributed by atoms with Gasteiger partial charge in [-0.3, -0.25) is 4.79 Å². The molecule has 1 amide bonds. The summed E-state index contributed by atoms with van der Waals surface area (Å²) in [6.45, 7) is 1.83. The first-order valence-corrected chi connectivity index (χ1v) is 10.7. The number of carbonyl (C=O) groups excluding carboxylic acids is 1. The molecule has 0 aliphatic carbocycles. The molecule has 4 heteroatoms. The van der Waals surface area contributed by atoms with E-state index in [2.05, 4.69) is 58.3 Å². The molecule has 1 atom stereocenters. The maximum absolute atomic E-state index is 12.6. The molecule has 156 valence electrons. The summed E-state index contributed by atoms with van der Waals surface area (Å²) >= 11 is 0. The van der Waals surface area contributed by atoms with Crippen molar-refractivity contribution in [1.82, 2.24) is 5.43 Å². The highest BCUT2D eigenvalue weighted by molar-refractivity contribution is 6.13. The van der Waals surface area contributed by atoms with Crippen molar-refractivity contribution < 1.29 is 4.79 Å². The van der Waals surface area contributed by atoms with E-state index in [0.29, 0.717) is 0 Å². The number of carbonyl (C=O) groups is 1. The van der Waals surface area contributed by atoms with Crippen LogP contribution in [-0.4, -0.2) is 18.2 Å². The molecule has 0 saturated carbocycles. The van der Waals surface area contributed by atoms with Crippen LogP contribution in [0.3, 0.4) is 0 Å². The van der Waals surface area contributed by atoms with Gasteiger partial charge >= 0.3 is 0 Å². The SMILES string of the molecule is C[C@H](Nc1ccc2ccccc2c1)C(=O)N/N=C\c1c2ccccc2cc2ccccc12. The third-order valence-electron chi connectivity index (χ3n) is 5.71. The van der Waals surface area contributed by atoms with Crippen molar-refractivity contribution in [3.05, 3.63) is 103 Å². The van der Waals surface area contributed by atoms with Gasteiger partial charge in [-0.1, -0.05) is 78.9 Å². The molecule has 0 saturated heterocycles. The first-order chi connectivity index (χ1) is 15.7. The van der Waals surface area contributed by atoms with Crippen LogP contribution in [0.15, 0.2) is 102 Å². The third-order valence-corrected chi connectivity index (χ3v) is 5.71. The lowest BCUT2D eigenvalue weighted by molar-refractivity contribution is -0.121. The van der Waals surface area contributed by atoms with Crippen molar-refractivity contribution in [3.63, 3.8) is 0 Å². The molecule has 0 radical (unpaired) electrons. The van der Waals surface area contributed by atoms with Gasteiger partial charge in [-0.05, 0) is 57.4 Å². The van der Waals surface area contributed by atoms with Gasteiger partial charge in [0.15, 0.2) is 0 Å². The zero-order valence-electron chi connectivity index (χ0n) is 17.7. The van der Waals surface area contributed by atoms with Crippen molar-refractivity contribution in [2.45, 2.75) is 13.0 Å². The number of anilines is 1. The predicted molar refractivity (Wildman–Crippen MR) is 134 cm³/mol. The van der Waals surface area contributed by atoms with Crippen molar-refractivity contribution in [2.75, 3.05) is 5.32 Å². The topological polar surface area (TPSA) is 53.5 Å². The van der Waals surface area contributed by atoms with Gasteiger partial charge in [0.1, 0.15) is 6.04 Å². The van der Waals surface area contributed by atoms with Crippen LogP contribution in [0, 0.1) is 0 Å². The van der Waals surface area contributed by atoms with E-state index in [9.17, 15) is 4.79 Å². The van der Waals surface area contributed by atoms with Crippen LogP contribution in [0.1, 0.15) is 12.5 Å². The predicted octanol–water partition coefficient (Wildman–Crippen LogP) is 6.10. The number of hydrogen-bond acceptors (Lipinski definition) is 3. The van der Waals surface area contributed by atoms with Crippen LogP contribution < -0.4 is 10.7 Å². The number of hydrogen-bond donors (Lipinski definition) is 2. The molecular formula is C28H23N3O. The van der Waals surface area contributed by atoms with Gasteiger partial charge in [-0.15, -0.1) is 0 Å². The molecular weight excluding hydrogens is 394 g/mol. The van der Waals surface area contributed by atoms with Crippen molar-refractivity contribution in [3.8, 4) is 0 Å². The quantitative estimate of drug-likeness (QED) is 0.206. The fourth-order valence-electron chi connectivity index (χ4n) is 4.04. The summed E-state index contributed by atoms with van der Waals surface area (Å²) in [7, 11) is 0. The number of nitrogens with one attached hydrogen (secondary N) is 2. The molecule has 0 unspecified atom stereocenters. The summed E-state index contributed by atoms with van der Waals surface area (Å²) in [5.74, 6) is -0.195. The molecule has 2 N–H and O–H groups in total. The lowest BCUT2D eigenvalue weighted by Gasteiger charge is -2.14. The smallest absolute Gasteiger partial charge is 0.262 e. The molecule has 5 aromatic rings. The molecule has 0 spiro atoms. The molecule has 0 fully saturated rings. The molecule has 0 aromatic heterocycles. The highest BCUT2D eigenvalue weighted by atomic mass is 16.2. The van der Waals surface area contributed by atoms with Gasteiger partial charge < -0.3 is 5.32 Å². The molecule has 5 aromatic carbocycles. The standard InChI is InChI=1S/C28H23N3O/c1-19(30-24-15-14-20-8-2-3-9-21(20)17-24)28(32)31-29-18-27-25-12-6-4-10-22(25)16-23-11-5-7-13-26(23)27/h2-19,30H,1H3,(H,31,32)/b29-18-/t19-/m0/s1. The lowest BCUT2D eigenvalue weighted by atomic mass is 9.97. The maximum Gasteiger partial charge on any atom is 0.262 e. The Morgan fingerprint density at radius 2 is 1.34 bits per heavy atom. The Labute approximate surface area is 186 Å². The van der Waals surface area contributed by atoms with E-state index in [4.69, 9.17) is 0 Å². The van der Waals surface area contributed by atoms with Crippen LogP contribution in [0.2, 0.25) is 0 Å². The van der Waals surface area contributed by atoms with Crippen LogP contribution in [0.25, 0.3) is 32.3 Å². The minimum Gasteiger partial charge on any atom is -0.374 e. The van der Waals surface area contributed by atoms with Gasteiger partial charge in [0.2, 0.25) is 0 Å². The molecule has 0 bridgehead atoms. The van der Waals surface area contributed by atoms with Crippen LogP contribution in [0.4, 0.5) is 5.69 Å². The number of rotatable bonds is 5. The molecule has 5 rings (SSSR count). The van der Waals surface area contributed by atoms with Crippen molar-refractivity contribution >= 4 is 50.1 Å². The second kappa shape index (κ2) is 8.52. The Morgan fingerprint density at radius 1 is 0.750 bits per heavy atom. The summed E-state index contributed by atoms with van der Waals surface area (Å²) in [6, 6.07) is 32.4. The number of amides is 1. The summed E-state index contributed by atoms with van der Waals surface area (Å²) < 4.78 is 0. The minimum absolute atomic E-state index is 0.195. The molecule has 0 aliphatic heterocycles. The Hall–Kier alpha value is -4.18. The number of hydrazone groups is 1. The van der Waals surface area contributed by atoms with Gasteiger partial charge in [-0.2, -0.15) is 5.10 Å². The molecule has 0 aliphatic rings. The first-order valence-electron chi connectivity index (χ1n) is 10.7. The van der Waals surface area contributed by atoms with E-state index in [1.165, 1.54) is 5.39 Å². The summed E-state index contributed by atoms with van der Waals surface area (Å²) in [6.07, 6.45) is 1.74. The van der Waals surface area contributed by atoms with Gasteiger partial charge in [0.05, 0.1) is 6.21 Å². The van der Waals surface area contributed by atoms with E-state index in [1.54, 1.807) is 6.21 Å². The maximum atomic E-state index is 12.6. The zero-order chi connectivity index (χ0) is 21.9. The minimum atomic E-state index is -0.433. The fourth-order valence-corrected chi connectivity index (χ4v) is 4.04. The molecule has 0 heterocycles. The van der Waals surface area contributed by atoms with E-state index in [1.807, 2.05) is 61.5 Å². The average molecular weight is 418 g/mol. The van der Waals surface area contributed by atoms with Crippen LogP contribution in [0.5, 0.6) is 0 Å². The van der Waals surface area contributed by atoms with E-state index >= 15 is 0 Å². The van der Waals surface area contributed by atoms with Gasteiger partial charge in [0.25, 0.3) is 5.91 Å². The lowest BCUT2D eigenvalue weighted by Crippen LogP contribution is -2.34. The Kier molecular flexibility index (Phi) is 5.26. The first kappa shape index (κ1) is 19.8. The fraction of sp³-hybridized carbons (Fsp3) is 0.0714. The van der Waals surface area contributed by atoms with Gasteiger partial charge in [-0.25, -0.2) is 5.43 Å². The normalized spacial score (nSPS) is 12.4. The van der Waals surface area contributed by atoms with Crippen LogP contribution >= 0.6 is 0 Å². The Balaban J connectivity index is 1.35. The Bertz CT molecular complexity index is 1420. The van der Waals surface area contributed by atoms with Crippen LogP contribution in [-0.2, 0) is 4.79 Å². The number of fused-ring (bicyclic) bond motifs is 3. The summed E-state index contributed by atoms with van der Waals surface area (Å²) in [4.78, 5) is 12.6. The molecule has 4 nitrogen and oxygen atoms in total. The largest absolute Gasteiger partial charge is 0.374 e. The highest BCUT2D eigenvalue weighted by Crippen LogP contribution is 2.27. The van der Waals surface area contributed by atoms with E-state index in [0.717, 1.165) is 38.2 Å². The monoisotopic (exact) mass is 417 g/mol. The number of benzene rings is 5. The summed E-state index contributed by atoms with van der Waals surface area (Å²) in [5, 5.41) is 14.3. The van der Waals surface area contributed by atoms with E-state index < -0.39 is 6.04 Å². The molecule has 32 heavy (non-hydrogen) atoms. The second-order valence-electron chi connectivity index (χ2n) is 7.89. The zero-order valence-corrected chi connectivity index (χ0v) is 17.7. The van der Waals surface area contributed by atoms with Crippen molar-refractivity contribution in [2.24, 2.45) is 5.10 Å². The van der Waals surface area contributed by atoms with E-state index in [-0.39, 0.29) is 5.91 Å². The number of nitrogens with zero attached hydrogens (tertiary/aromatic N) is 1. The third kappa shape index (κ3) is 3.91.